The number of hydrogen-bond acceptors (Lipinski definition) is 3. The summed E-state index contributed by atoms with van der Waals surface area (Å²) in [6, 6.07) is 12.6. The van der Waals surface area contributed by atoms with Gasteiger partial charge in [-0.2, -0.15) is 11.8 Å². The first kappa shape index (κ1) is 15.4. The number of rotatable bonds is 7. The Morgan fingerprint density at radius 1 is 1.24 bits per heavy atom. The van der Waals surface area contributed by atoms with Crippen molar-refractivity contribution in [2.75, 3.05) is 31.6 Å². The van der Waals surface area contributed by atoms with Gasteiger partial charge in [0.2, 0.25) is 0 Å². The molecular formula is C18H28N2S. The molecule has 0 aromatic heterocycles. The molecule has 1 saturated carbocycles. The normalized spacial score (nSPS) is 25.2. The first-order valence-corrected chi connectivity index (χ1v) is 9.40. The van der Waals surface area contributed by atoms with Gasteiger partial charge in [0, 0.05) is 36.3 Å². The summed E-state index contributed by atoms with van der Waals surface area (Å²) in [5.74, 6) is 2.63. The van der Waals surface area contributed by atoms with Gasteiger partial charge in [-0.05, 0) is 37.6 Å². The van der Waals surface area contributed by atoms with Crippen LogP contribution in [0.15, 0.2) is 30.3 Å². The standard InChI is InChI=1S/C18H28N2S/c1-18(13-19-16-8-9-16,15-6-4-3-5-7-15)14-20(2)17-10-11-21-12-17/h3-7,16-17,19H,8-14H2,1-2H3. The van der Waals surface area contributed by atoms with Crippen molar-refractivity contribution in [2.24, 2.45) is 0 Å². The Morgan fingerprint density at radius 3 is 2.62 bits per heavy atom. The fourth-order valence-electron chi connectivity index (χ4n) is 3.30. The van der Waals surface area contributed by atoms with E-state index >= 15 is 0 Å². The Bertz CT molecular complexity index is 440. The summed E-state index contributed by atoms with van der Waals surface area (Å²) < 4.78 is 0. The first-order valence-electron chi connectivity index (χ1n) is 8.24. The average molecular weight is 305 g/mol. The topological polar surface area (TPSA) is 15.3 Å². The third kappa shape index (κ3) is 4.02. The molecule has 2 nitrogen and oxygen atoms in total. The van der Waals surface area contributed by atoms with E-state index in [0.717, 1.165) is 25.2 Å². The number of hydrogen-bond donors (Lipinski definition) is 1. The molecule has 0 radical (unpaired) electrons. The lowest BCUT2D eigenvalue weighted by molar-refractivity contribution is 0.202. The van der Waals surface area contributed by atoms with Crippen LogP contribution in [0.1, 0.15) is 31.7 Å². The SMILES string of the molecule is CN(CC(C)(CNC1CC1)c1ccccc1)C1CCSC1. The fraction of sp³-hybridized carbons (Fsp3) is 0.667. The lowest BCUT2D eigenvalue weighted by Crippen LogP contribution is -2.47. The maximum atomic E-state index is 3.76. The number of benzene rings is 1. The monoisotopic (exact) mass is 304 g/mol. The van der Waals surface area contributed by atoms with Crippen molar-refractivity contribution in [1.29, 1.82) is 0 Å². The van der Waals surface area contributed by atoms with Gasteiger partial charge in [0.25, 0.3) is 0 Å². The van der Waals surface area contributed by atoms with Crippen molar-refractivity contribution < 1.29 is 0 Å². The number of nitrogens with zero attached hydrogens (tertiary/aromatic N) is 1. The third-order valence-corrected chi connectivity index (χ3v) is 6.10. The molecule has 0 amide bonds. The van der Waals surface area contributed by atoms with E-state index in [1.54, 1.807) is 0 Å². The second kappa shape index (κ2) is 6.72. The van der Waals surface area contributed by atoms with Crippen LogP contribution in [0, 0.1) is 0 Å². The largest absolute Gasteiger partial charge is 0.313 e. The van der Waals surface area contributed by atoms with Gasteiger partial charge >= 0.3 is 0 Å². The predicted octanol–water partition coefficient (Wildman–Crippen LogP) is 3.13. The predicted molar refractivity (Wildman–Crippen MR) is 93.2 cm³/mol. The Morgan fingerprint density at radius 2 is 2.00 bits per heavy atom. The molecule has 1 aromatic rings. The van der Waals surface area contributed by atoms with Crippen LogP contribution >= 0.6 is 11.8 Å². The summed E-state index contributed by atoms with van der Waals surface area (Å²) in [5, 5.41) is 3.76. The molecule has 1 heterocycles. The quantitative estimate of drug-likeness (QED) is 0.833. The van der Waals surface area contributed by atoms with Crippen LogP contribution in [0.2, 0.25) is 0 Å². The van der Waals surface area contributed by atoms with E-state index in [4.69, 9.17) is 0 Å². The van der Waals surface area contributed by atoms with Crippen LogP contribution in [0.25, 0.3) is 0 Å². The van der Waals surface area contributed by atoms with Crippen LogP contribution in [0.4, 0.5) is 0 Å². The Balaban J connectivity index is 1.70. The molecule has 116 valence electrons. The highest BCUT2D eigenvalue weighted by Crippen LogP contribution is 2.29. The van der Waals surface area contributed by atoms with E-state index in [2.05, 4.69) is 66.3 Å². The molecule has 2 atom stereocenters. The third-order valence-electron chi connectivity index (χ3n) is 4.96. The van der Waals surface area contributed by atoms with Gasteiger partial charge in [-0.15, -0.1) is 0 Å². The molecule has 1 aromatic carbocycles. The minimum Gasteiger partial charge on any atom is -0.313 e. The molecular weight excluding hydrogens is 276 g/mol. The van der Waals surface area contributed by atoms with Crippen molar-refractivity contribution in [2.45, 2.75) is 43.7 Å². The summed E-state index contributed by atoms with van der Waals surface area (Å²) in [6.45, 7) is 4.66. The van der Waals surface area contributed by atoms with Crippen molar-refractivity contribution in [1.82, 2.24) is 10.2 Å². The van der Waals surface area contributed by atoms with Crippen molar-refractivity contribution in [3.63, 3.8) is 0 Å². The Kier molecular flexibility index (Phi) is 4.92. The molecule has 1 N–H and O–H groups in total. The molecule has 3 rings (SSSR count). The minimum absolute atomic E-state index is 0.200. The van der Waals surface area contributed by atoms with Crippen LogP contribution in [0.3, 0.4) is 0 Å². The lowest BCUT2D eigenvalue weighted by atomic mass is 9.81. The van der Waals surface area contributed by atoms with Gasteiger partial charge in [0.05, 0.1) is 0 Å². The highest BCUT2D eigenvalue weighted by molar-refractivity contribution is 7.99. The molecule has 1 aliphatic heterocycles. The van der Waals surface area contributed by atoms with E-state index in [1.807, 2.05) is 0 Å². The second-order valence-electron chi connectivity index (χ2n) is 7.01. The molecule has 1 aliphatic carbocycles. The molecule has 0 spiro atoms. The summed E-state index contributed by atoms with van der Waals surface area (Å²) in [6.07, 6.45) is 4.07. The molecule has 3 heteroatoms. The minimum atomic E-state index is 0.200. The van der Waals surface area contributed by atoms with Crippen molar-refractivity contribution >= 4 is 11.8 Å². The molecule has 1 saturated heterocycles. The zero-order chi connectivity index (χ0) is 14.7. The van der Waals surface area contributed by atoms with Crippen LogP contribution in [-0.2, 0) is 5.41 Å². The highest BCUT2D eigenvalue weighted by Gasteiger charge is 2.33. The van der Waals surface area contributed by atoms with Gasteiger partial charge in [-0.3, -0.25) is 0 Å². The van der Waals surface area contributed by atoms with E-state index in [1.165, 1.54) is 36.3 Å². The van der Waals surface area contributed by atoms with Gasteiger partial charge in [0.1, 0.15) is 0 Å². The molecule has 2 fully saturated rings. The summed E-state index contributed by atoms with van der Waals surface area (Å²) >= 11 is 2.10. The lowest BCUT2D eigenvalue weighted by Gasteiger charge is -2.37. The molecule has 21 heavy (non-hydrogen) atoms. The summed E-state index contributed by atoms with van der Waals surface area (Å²) in [7, 11) is 2.31. The van der Waals surface area contributed by atoms with Gasteiger partial charge in [0.15, 0.2) is 0 Å². The van der Waals surface area contributed by atoms with Gasteiger partial charge in [-0.1, -0.05) is 37.3 Å². The van der Waals surface area contributed by atoms with E-state index < -0.39 is 0 Å². The fourth-order valence-corrected chi connectivity index (χ4v) is 4.59. The van der Waals surface area contributed by atoms with E-state index in [0.29, 0.717) is 0 Å². The number of thioether (sulfide) groups is 1. The molecule has 0 bridgehead atoms. The Hall–Kier alpha value is -0.510. The number of likely N-dealkylation sites (N-methyl/N-ethyl adjacent to an activating group) is 1. The van der Waals surface area contributed by atoms with Crippen LogP contribution < -0.4 is 5.32 Å². The Labute approximate surface area is 133 Å². The van der Waals surface area contributed by atoms with E-state index in [-0.39, 0.29) is 5.41 Å². The summed E-state index contributed by atoms with van der Waals surface area (Å²) in [5.41, 5.74) is 1.67. The number of nitrogens with one attached hydrogen (secondary N) is 1. The highest BCUT2D eigenvalue weighted by atomic mass is 32.2. The maximum Gasteiger partial charge on any atom is 0.0191 e. The van der Waals surface area contributed by atoms with Crippen molar-refractivity contribution in [3.05, 3.63) is 35.9 Å². The maximum absolute atomic E-state index is 3.76. The smallest absolute Gasteiger partial charge is 0.0191 e. The van der Waals surface area contributed by atoms with Gasteiger partial charge < -0.3 is 10.2 Å². The summed E-state index contributed by atoms with van der Waals surface area (Å²) in [4.78, 5) is 2.60. The van der Waals surface area contributed by atoms with Crippen molar-refractivity contribution in [3.8, 4) is 0 Å². The second-order valence-corrected chi connectivity index (χ2v) is 8.16. The average Bonchev–Trinajstić information content (AvgIpc) is 3.17. The molecule has 2 unspecified atom stereocenters. The van der Waals surface area contributed by atoms with Crippen LogP contribution in [-0.4, -0.2) is 48.6 Å². The van der Waals surface area contributed by atoms with E-state index in [9.17, 15) is 0 Å². The first-order chi connectivity index (χ1) is 10.2. The van der Waals surface area contributed by atoms with Gasteiger partial charge in [-0.25, -0.2) is 0 Å². The zero-order valence-electron chi connectivity index (χ0n) is 13.3. The zero-order valence-corrected chi connectivity index (χ0v) is 14.2. The molecule has 2 aliphatic rings. The van der Waals surface area contributed by atoms with Crippen LogP contribution in [0.5, 0.6) is 0 Å².